The number of rotatable bonds is 3. The van der Waals surface area contributed by atoms with Gasteiger partial charge in [0.15, 0.2) is 0 Å². The first-order valence-electron chi connectivity index (χ1n) is 7.54. The number of amides is 1. The van der Waals surface area contributed by atoms with Crippen LogP contribution in [0.2, 0.25) is 0 Å². The number of carbonyl (C=O) groups is 1. The van der Waals surface area contributed by atoms with E-state index in [1.807, 2.05) is 0 Å². The minimum Gasteiger partial charge on any atom is -0.310 e. The molecule has 8 heteroatoms. The van der Waals surface area contributed by atoms with E-state index in [1.54, 1.807) is 31.6 Å². The van der Waals surface area contributed by atoms with Crippen molar-refractivity contribution in [3.8, 4) is 11.3 Å². The van der Waals surface area contributed by atoms with Gasteiger partial charge < -0.3 is 4.90 Å². The average Bonchev–Trinajstić information content (AvgIpc) is 2.67. The van der Waals surface area contributed by atoms with Crippen LogP contribution in [-0.2, 0) is 6.18 Å². The maximum atomic E-state index is 12.7. The lowest BCUT2D eigenvalue weighted by Gasteiger charge is -2.16. The molecule has 5 nitrogen and oxygen atoms in total. The molecule has 0 unspecified atom stereocenters. The number of pyridine rings is 1. The van der Waals surface area contributed by atoms with E-state index < -0.39 is 17.6 Å². The van der Waals surface area contributed by atoms with Gasteiger partial charge in [-0.1, -0.05) is 12.1 Å². The van der Waals surface area contributed by atoms with Crippen molar-refractivity contribution in [1.82, 2.24) is 15.0 Å². The molecular formula is C18H13F3N4O. The number of nitrogens with zero attached hydrogens (tertiary/aromatic N) is 4. The highest BCUT2D eigenvalue weighted by molar-refractivity contribution is 6.04. The third kappa shape index (κ3) is 3.69. The number of hydrogen-bond donors (Lipinski definition) is 0. The Labute approximate surface area is 147 Å². The van der Waals surface area contributed by atoms with E-state index in [0.717, 1.165) is 12.1 Å². The van der Waals surface area contributed by atoms with Gasteiger partial charge in [-0.2, -0.15) is 13.2 Å². The Morgan fingerprint density at radius 2 is 1.62 bits per heavy atom. The molecule has 26 heavy (non-hydrogen) atoms. The molecule has 2 aromatic heterocycles. The molecule has 0 N–H and O–H groups in total. The third-order valence-corrected chi connectivity index (χ3v) is 3.72. The predicted molar refractivity (Wildman–Crippen MR) is 89.4 cm³/mol. The van der Waals surface area contributed by atoms with E-state index in [-0.39, 0.29) is 5.69 Å². The summed E-state index contributed by atoms with van der Waals surface area (Å²) >= 11 is 0. The summed E-state index contributed by atoms with van der Waals surface area (Å²) < 4.78 is 38.0. The maximum absolute atomic E-state index is 12.7. The zero-order valence-corrected chi connectivity index (χ0v) is 13.6. The molecule has 0 radical (unpaired) electrons. The Morgan fingerprint density at radius 3 is 2.23 bits per heavy atom. The number of aromatic nitrogens is 3. The monoisotopic (exact) mass is 358 g/mol. The van der Waals surface area contributed by atoms with Crippen molar-refractivity contribution in [3.63, 3.8) is 0 Å². The Morgan fingerprint density at radius 1 is 0.962 bits per heavy atom. The zero-order chi connectivity index (χ0) is 18.7. The molecule has 1 aromatic carbocycles. The first-order chi connectivity index (χ1) is 12.4. The second-order valence-corrected chi connectivity index (χ2v) is 5.43. The molecule has 0 saturated carbocycles. The minimum absolute atomic E-state index is 0.0849. The smallest absolute Gasteiger partial charge is 0.310 e. The average molecular weight is 358 g/mol. The molecule has 3 rings (SSSR count). The van der Waals surface area contributed by atoms with Crippen LogP contribution in [0.4, 0.5) is 18.9 Å². The molecule has 132 valence electrons. The van der Waals surface area contributed by atoms with Gasteiger partial charge in [0.25, 0.3) is 5.91 Å². The Bertz CT molecular complexity index is 912. The summed E-state index contributed by atoms with van der Waals surface area (Å²) in [4.78, 5) is 26.1. The van der Waals surface area contributed by atoms with E-state index in [2.05, 4.69) is 15.0 Å². The fourth-order valence-electron chi connectivity index (χ4n) is 2.29. The van der Waals surface area contributed by atoms with E-state index in [9.17, 15) is 18.0 Å². The zero-order valence-electron chi connectivity index (χ0n) is 13.6. The fraction of sp³-hybridized carbons (Fsp3) is 0.111. The summed E-state index contributed by atoms with van der Waals surface area (Å²) in [6.45, 7) is 0. The number of benzene rings is 1. The van der Waals surface area contributed by atoms with Crippen LogP contribution in [0, 0.1) is 0 Å². The van der Waals surface area contributed by atoms with Gasteiger partial charge in [0.05, 0.1) is 23.7 Å². The molecule has 0 saturated heterocycles. The highest BCUT2D eigenvalue weighted by Gasteiger charge is 2.30. The van der Waals surface area contributed by atoms with Crippen LogP contribution in [0.5, 0.6) is 0 Å². The molecule has 0 bridgehead atoms. The molecule has 0 atom stereocenters. The summed E-state index contributed by atoms with van der Waals surface area (Å²) in [5, 5.41) is 0. The molecule has 0 aliphatic heterocycles. The van der Waals surface area contributed by atoms with Crippen LogP contribution >= 0.6 is 0 Å². The highest BCUT2D eigenvalue weighted by atomic mass is 19.4. The van der Waals surface area contributed by atoms with Crippen molar-refractivity contribution in [2.45, 2.75) is 6.18 Å². The molecule has 3 aromatic rings. The molecule has 2 heterocycles. The summed E-state index contributed by atoms with van der Waals surface area (Å²) in [6.07, 6.45) is 1.42. The van der Waals surface area contributed by atoms with Crippen molar-refractivity contribution in [1.29, 1.82) is 0 Å². The molecule has 1 amide bonds. The van der Waals surface area contributed by atoms with Gasteiger partial charge >= 0.3 is 6.18 Å². The number of hydrogen-bond acceptors (Lipinski definition) is 4. The SMILES string of the molecule is CN(C(=O)c1cncc(-c2ccc(C(F)(F)F)cc2)n1)c1ccncc1. The molecule has 0 spiro atoms. The predicted octanol–water partition coefficient (Wildman–Crippen LogP) is 3.83. The van der Waals surface area contributed by atoms with Gasteiger partial charge in [-0.25, -0.2) is 4.98 Å². The number of anilines is 1. The summed E-state index contributed by atoms with van der Waals surface area (Å²) in [7, 11) is 1.59. The van der Waals surface area contributed by atoms with Crippen molar-refractivity contribution < 1.29 is 18.0 Å². The van der Waals surface area contributed by atoms with Crippen LogP contribution in [0.25, 0.3) is 11.3 Å². The molecular weight excluding hydrogens is 345 g/mol. The Balaban J connectivity index is 1.87. The lowest BCUT2D eigenvalue weighted by Crippen LogP contribution is -2.27. The topological polar surface area (TPSA) is 59.0 Å². The summed E-state index contributed by atoms with van der Waals surface area (Å²) in [6, 6.07) is 7.88. The van der Waals surface area contributed by atoms with E-state index in [0.29, 0.717) is 16.9 Å². The van der Waals surface area contributed by atoms with Gasteiger partial charge in [0, 0.05) is 30.7 Å². The van der Waals surface area contributed by atoms with E-state index in [1.165, 1.54) is 29.4 Å². The van der Waals surface area contributed by atoms with Crippen LogP contribution in [0.15, 0.2) is 61.2 Å². The minimum atomic E-state index is -4.41. The van der Waals surface area contributed by atoms with Crippen LogP contribution in [0.1, 0.15) is 16.1 Å². The van der Waals surface area contributed by atoms with E-state index in [4.69, 9.17) is 0 Å². The van der Waals surface area contributed by atoms with Gasteiger partial charge in [0.1, 0.15) is 5.69 Å². The second kappa shape index (κ2) is 6.91. The van der Waals surface area contributed by atoms with Gasteiger partial charge in [-0.3, -0.25) is 14.8 Å². The number of carbonyl (C=O) groups excluding carboxylic acids is 1. The lowest BCUT2D eigenvalue weighted by atomic mass is 10.1. The standard InChI is InChI=1S/C18H13F3N4O/c1-25(14-6-8-22-9-7-14)17(26)16-11-23-10-15(24-16)12-2-4-13(5-3-12)18(19,20)21/h2-11H,1H3. The van der Waals surface area contributed by atoms with Gasteiger partial charge in [-0.05, 0) is 24.3 Å². The highest BCUT2D eigenvalue weighted by Crippen LogP contribution is 2.30. The van der Waals surface area contributed by atoms with Crippen molar-refractivity contribution in [3.05, 3.63) is 72.4 Å². The van der Waals surface area contributed by atoms with Gasteiger partial charge in [0.2, 0.25) is 0 Å². The number of alkyl halides is 3. The normalized spacial score (nSPS) is 11.2. The molecule has 0 fully saturated rings. The largest absolute Gasteiger partial charge is 0.416 e. The van der Waals surface area contributed by atoms with Crippen molar-refractivity contribution in [2.75, 3.05) is 11.9 Å². The van der Waals surface area contributed by atoms with Crippen molar-refractivity contribution in [2.24, 2.45) is 0 Å². The van der Waals surface area contributed by atoms with Crippen LogP contribution < -0.4 is 4.90 Å². The Hall–Kier alpha value is -3.29. The fourth-order valence-corrected chi connectivity index (χ4v) is 2.29. The van der Waals surface area contributed by atoms with Crippen LogP contribution in [0.3, 0.4) is 0 Å². The summed E-state index contributed by atoms with van der Waals surface area (Å²) in [5.74, 6) is -0.391. The molecule has 0 aliphatic rings. The third-order valence-electron chi connectivity index (χ3n) is 3.72. The lowest BCUT2D eigenvalue weighted by molar-refractivity contribution is -0.137. The summed E-state index contributed by atoms with van der Waals surface area (Å²) in [5.41, 5.74) is 0.715. The van der Waals surface area contributed by atoms with Crippen LogP contribution in [-0.4, -0.2) is 27.9 Å². The maximum Gasteiger partial charge on any atom is 0.416 e. The first-order valence-corrected chi connectivity index (χ1v) is 7.54. The van der Waals surface area contributed by atoms with E-state index >= 15 is 0 Å². The number of halogens is 3. The quantitative estimate of drug-likeness (QED) is 0.714. The van der Waals surface area contributed by atoms with Gasteiger partial charge in [-0.15, -0.1) is 0 Å². The van der Waals surface area contributed by atoms with Crippen molar-refractivity contribution >= 4 is 11.6 Å². The molecule has 0 aliphatic carbocycles. The first kappa shape index (κ1) is 17.5. The second-order valence-electron chi connectivity index (χ2n) is 5.43. The Kier molecular flexibility index (Phi) is 4.66.